The molecule has 0 aromatic rings. The standard InChI is InChI=1S/C8H15N3OS/c1-8(2)5-6(3-4-12-8)10-11-7(9)13/h3-5H2,1-2H3,(H3,9,11,13)/b10-6-. The fourth-order valence-corrected chi connectivity index (χ4v) is 1.35. The second kappa shape index (κ2) is 4.02. The van der Waals surface area contributed by atoms with E-state index in [1.165, 1.54) is 0 Å². The van der Waals surface area contributed by atoms with E-state index in [-0.39, 0.29) is 10.7 Å². The maximum Gasteiger partial charge on any atom is 0.184 e. The Labute approximate surface area is 83.5 Å². The maximum atomic E-state index is 5.53. The summed E-state index contributed by atoms with van der Waals surface area (Å²) in [5.74, 6) is 0. The topological polar surface area (TPSA) is 59.6 Å². The number of ether oxygens (including phenoxy) is 1. The average molecular weight is 201 g/mol. The summed E-state index contributed by atoms with van der Waals surface area (Å²) in [6.07, 6.45) is 1.67. The maximum absolute atomic E-state index is 5.53. The highest BCUT2D eigenvalue weighted by molar-refractivity contribution is 7.80. The average Bonchev–Trinajstić information content (AvgIpc) is 1.99. The van der Waals surface area contributed by atoms with Crippen LogP contribution in [0.5, 0.6) is 0 Å². The van der Waals surface area contributed by atoms with Gasteiger partial charge in [-0.25, -0.2) is 0 Å². The highest BCUT2D eigenvalue weighted by Crippen LogP contribution is 2.21. The van der Waals surface area contributed by atoms with Crippen LogP contribution >= 0.6 is 12.2 Å². The minimum atomic E-state index is -0.116. The lowest BCUT2D eigenvalue weighted by Gasteiger charge is -2.30. The fourth-order valence-electron chi connectivity index (χ4n) is 1.31. The molecule has 1 aliphatic heterocycles. The quantitative estimate of drug-likeness (QED) is 0.486. The highest BCUT2D eigenvalue weighted by atomic mass is 32.1. The first-order chi connectivity index (χ1) is 5.99. The van der Waals surface area contributed by atoms with Gasteiger partial charge in [0, 0.05) is 18.6 Å². The Morgan fingerprint density at radius 3 is 2.92 bits per heavy atom. The molecule has 0 atom stereocenters. The Morgan fingerprint density at radius 1 is 1.69 bits per heavy atom. The molecule has 13 heavy (non-hydrogen) atoms. The van der Waals surface area contributed by atoms with Gasteiger partial charge in [0.15, 0.2) is 5.11 Å². The molecule has 0 spiro atoms. The van der Waals surface area contributed by atoms with E-state index in [0.29, 0.717) is 6.61 Å². The number of hydrogen-bond donors (Lipinski definition) is 2. The van der Waals surface area contributed by atoms with E-state index in [2.05, 4.69) is 22.7 Å². The van der Waals surface area contributed by atoms with Crippen molar-refractivity contribution < 1.29 is 4.74 Å². The molecule has 0 saturated carbocycles. The monoisotopic (exact) mass is 201 g/mol. The molecular weight excluding hydrogens is 186 g/mol. The van der Waals surface area contributed by atoms with Crippen LogP contribution in [0.2, 0.25) is 0 Å². The summed E-state index contributed by atoms with van der Waals surface area (Å²) in [6, 6.07) is 0. The summed E-state index contributed by atoms with van der Waals surface area (Å²) in [7, 11) is 0. The Morgan fingerprint density at radius 2 is 2.38 bits per heavy atom. The minimum absolute atomic E-state index is 0.116. The molecular formula is C8H15N3OS. The van der Waals surface area contributed by atoms with Gasteiger partial charge >= 0.3 is 0 Å². The number of nitrogens with one attached hydrogen (secondary N) is 1. The molecule has 0 aromatic carbocycles. The van der Waals surface area contributed by atoms with Crippen molar-refractivity contribution in [2.75, 3.05) is 6.61 Å². The molecule has 0 bridgehead atoms. The fraction of sp³-hybridized carbons (Fsp3) is 0.750. The summed E-state index contributed by atoms with van der Waals surface area (Å²) in [5, 5.41) is 4.30. The zero-order valence-corrected chi connectivity index (χ0v) is 8.78. The van der Waals surface area contributed by atoms with Gasteiger partial charge in [-0.2, -0.15) is 5.10 Å². The number of hydrogen-bond acceptors (Lipinski definition) is 3. The lowest BCUT2D eigenvalue weighted by atomic mass is 9.97. The molecule has 1 fully saturated rings. The van der Waals surface area contributed by atoms with Gasteiger partial charge < -0.3 is 10.5 Å². The van der Waals surface area contributed by atoms with Gasteiger partial charge in [0.25, 0.3) is 0 Å². The van der Waals surface area contributed by atoms with Crippen molar-refractivity contribution >= 4 is 23.0 Å². The zero-order valence-electron chi connectivity index (χ0n) is 7.96. The first-order valence-corrected chi connectivity index (χ1v) is 4.65. The summed E-state index contributed by atoms with van der Waals surface area (Å²) >= 11 is 4.65. The first kappa shape index (κ1) is 10.4. The Balaban J connectivity index is 2.51. The largest absolute Gasteiger partial charge is 0.375 e. The van der Waals surface area contributed by atoms with Crippen molar-refractivity contribution in [3.05, 3.63) is 0 Å². The minimum Gasteiger partial charge on any atom is -0.375 e. The van der Waals surface area contributed by atoms with Crippen molar-refractivity contribution in [3.8, 4) is 0 Å². The zero-order chi connectivity index (χ0) is 9.90. The highest BCUT2D eigenvalue weighted by Gasteiger charge is 2.25. The van der Waals surface area contributed by atoms with Crippen LogP contribution in [0.15, 0.2) is 5.10 Å². The van der Waals surface area contributed by atoms with Gasteiger partial charge in [-0.05, 0) is 26.1 Å². The van der Waals surface area contributed by atoms with Gasteiger partial charge in [-0.3, -0.25) is 5.43 Å². The van der Waals surface area contributed by atoms with Gasteiger partial charge in [-0.15, -0.1) is 0 Å². The lowest BCUT2D eigenvalue weighted by Crippen LogP contribution is -2.36. The predicted molar refractivity (Wildman–Crippen MR) is 56.6 cm³/mol. The first-order valence-electron chi connectivity index (χ1n) is 4.24. The molecule has 4 nitrogen and oxygen atoms in total. The van der Waals surface area contributed by atoms with Gasteiger partial charge in [0.05, 0.1) is 12.2 Å². The van der Waals surface area contributed by atoms with E-state index in [1.54, 1.807) is 0 Å². The van der Waals surface area contributed by atoms with E-state index in [1.807, 2.05) is 13.8 Å². The van der Waals surface area contributed by atoms with Crippen LogP contribution in [0.25, 0.3) is 0 Å². The van der Waals surface area contributed by atoms with E-state index in [4.69, 9.17) is 10.5 Å². The number of rotatable bonds is 1. The Kier molecular flexibility index (Phi) is 3.22. The van der Waals surface area contributed by atoms with Crippen molar-refractivity contribution in [1.29, 1.82) is 0 Å². The van der Waals surface area contributed by atoms with Crippen LogP contribution in [0.1, 0.15) is 26.7 Å². The molecule has 0 unspecified atom stereocenters. The second-order valence-electron chi connectivity index (χ2n) is 3.69. The SMILES string of the molecule is CC1(C)C/C(=N\NC(N)=S)CCO1. The second-order valence-corrected chi connectivity index (χ2v) is 4.13. The molecule has 1 rings (SSSR count). The summed E-state index contributed by atoms with van der Waals surface area (Å²) < 4.78 is 5.53. The van der Waals surface area contributed by atoms with E-state index >= 15 is 0 Å². The molecule has 0 radical (unpaired) electrons. The lowest BCUT2D eigenvalue weighted by molar-refractivity contribution is -0.0200. The Hall–Kier alpha value is -0.680. The van der Waals surface area contributed by atoms with Gasteiger partial charge in [0.2, 0.25) is 0 Å². The van der Waals surface area contributed by atoms with Crippen molar-refractivity contribution in [2.45, 2.75) is 32.3 Å². The smallest absolute Gasteiger partial charge is 0.184 e. The van der Waals surface area contributed by atoms with Crippen LogP contribution in [-0.4, -0.2) is 23.0 Å². The molecule has 1 heterocycles. The van der Waals surface area contributed by atoms with E-state index < -0.39 is 0 Å². The van der Waals surface area contributed by atoms with Crippen molar-refractivity contribution in [3.63, 3.8) is 0 Å². The molecule has 0 amide bonds. The molecule has 1 aliphatic rings. The van der Waals surface area contributed by atoms with Crippen LogP contribution in [0.4, 0.5) is 0 Å². The summed E-state index contributed by atoms with van der Waals surface area (Å²) in [6.45, 7) is 4.80. The van der Waals surface area contributed by atoms with Crippen LogP contribution in [0.3, 0.4) is 0 Å². The predicted octanol–water partition coefficient (Wildman–Crippen LogP) is 0.765. The normalized spacial score (nSPS) is 24.3. The van der Waals surface area contributed by atoms with E-state index in [9.17, 15) is 0 Å². The molecule has 0 aromatic heterocycles. The third-order valence-corrected chi connectivity index (χ3v) is 1.93. The molecule has 3 N–H and O–H groups in total. The van der Waals surface area contributed by atoms with Crippen molar-refractivity contribution in [1.82, 2.24) is 5.43 Å². The summed E-state index contributed by atoms with van der Waals surface area (Å²) in [4.78, 5) is 0. The molecule has 74 valence electrons. The van der Waals surface area contributed by atoms with Crippen LogP contribution in [-0.2, 0) is 4.74 Å². The molecule has 1 saturated heterocycles. The van der Waals surface area contributed by atoms with E-state index in [0.717, 1.165) is 18.6 Å². The van der Waals surface area contributed by atoms with Crippen LogP contribution in [0, 0.1) is 0 Å². The number of nitrogens with two attached hydrogens (primary N) is 1. The third kappa shape index (κ3) is 3.69. The summed E-state index contributed by atoms with van der Waals surface area (Å²) in [5.41, 5.74) is 8.80. The number of thiocarbonyl (C=S) groups is 1. The third-order valence-electron chi connectivity index (χ3n) is 1.84. The Bertz CT molecular complexity index is 238. The van der Waals surface area contributed by atoms with Gasteiger partial charge in [0.1, 0.15) is 0 Å². The van der Waals surface area contributed by atoms with Crippen molar-refractivity contribution in [2.24, 2.45) is 10.8 Å². The van der Waals surface area contributed by atoms with Gasteiger partial charge in [-0.1, -0.05) is 0 Å². The van der Waals surface area contributed by atoms with Crippen LogP contribution < -0.4 is 11.2 Å². The number of hydrazone groups is 1. The molecule has 0 aliphatic carbocycles. The number of nitrogens with zero attached hydrogens (tertiary/aromatic N) is 1. The molecule has 5 heteroatoms.